The molecule has 0 bridgehead atoms. The van der Waals surface area contributed by atoms with E-state index in [1.807, 2.05) is 29.2 Å². The summed E-state index contributed by atoms with van der Waals surface area (Å²) in [5.74, 6) is 0.740. The van der Waals surface area contributed by atoms with E-state index in [1.165, 1.54) is 12.1 Å². The number of carbonyl (C=O) groups excluding carboxylic acids is 1. The number of hydrogen-bond donors (Lipinski definition) is 2. The zero-order chi connectivity index (χ0) is 32.2. The molecule has 0 aliphatic carbocycles. The molecule has 0 saturated heterocycles. The Morgan fingerprint density at radius 2 is 1.58 bits per heavy atom. The number of aromatic amines is 1. The number of H-pyrrole nitrogens is 1. The molecule has 1 amide bonds. The van der Waals surface area contributed by atoms with Crippen molar-refractivity contribution in [2.24, 2.45) is 0 Å². The van der Waals surface area contributed by atoms with Gasteiger partial charge in [0.2, 0.25) is 5.91 Å². The molecule has 0 aliphatic rings. The van der Waals surface area contributed by atoms with Gasteiger partial charge in [0.1, 0.15) is 11.6 Å². The Balaban J connectivity index is 1.46. The quantitative estimate of drug-likeness (QED) is 0.134. The second-order valence-electron chi connectivity index (χ2n) is 10.9. The Hall–Kier alpha value is -3.66. The first-order chi connectivity index (χ1) is 21.7. The normalized spacial score (nSPS) is 11.9. The van der Waals surface area contributed by atoms with Crippen LogP contribution in [0.4, 0.5) is 4.39 Å². The Morgan fingerprint density at radius 3 is 2.20 bits per heavy atom. The number of rotatable bonds is 16. The fourth-order valence-corrected chi connectivity index (χ4v) is 6.30. The van der Waals surface area contributed by atoms with Gasteiger partial charge < -0.3 is 19.9 Å². The Morgan fingerprint density at radius 1 is 0.956 bits per heavy atom. The minimum atomic E-state index is -0.609. The molecule has 2 N–H and O–H groups in total. The van der Waals surface area contributed by atoms with Crippen LogP contribution in [0.5, 0.6) is 5.75 Å². The van der Waals surface area contributed by atoms with Crippen LogP contribution in [0.25, 0.3) is 11.1 Å². The first kappa shape index (κ1) is 34.2. The number of hydrogen-bond acceptors (Lipinski definition) is 6. The maximum absolute atomic E-state index is 13.8. The van der Waals surface area contributed by atoms with Crippen molar-refractivity contribution in [3.05, 3.63) is 117 Å². The monoisotopic (exact) mass is 650 g/mol. The van der Waals surface area contributed by atoms with Crippen molar-refractivity contribution >= 4 is 29.3 Å². The fourth-order valence-electron chi connectivity index (χ4n) is 5.02. The number of amides is 1. The van der Waals surface area contributed by atoms with E-state index >= 15 is 0 Å². The average molecular weight is 651 g/mol. The molecule has 0 fully saturated rings. The van der Waals surface area contributed by atoms with Crippen molar-refractivity contribution in [3.8, 4) is 16.9 Å². The largest absolute Gasteiger partial charge is 0.502 e. The summed E-state index contributed by atoms with van der Waals surface area (Å²) in [6.45, 7) is 7.89. The molecule has 1 atom stereocenters. The van der Waals surface area contributed by atoms with Crippen molar-refractivity contribution < 1.29 is 14.3 Å². The van der Waals surface area contributed by atoms with E-state index in [0.717, 1.165) is 48.1 Å². The smallest absolute Gasteiger partial charge is 0.293 e. The van der Waals surface area contributed by atoms with Crippen LogP contribution >= 0.6 is 23.4 Å². The molecule has 238 valence electrons. The van der Waals surface area contributed by atoms with Crippen LogP contribution in [-0.4, -0.2) is 62.7 Å². The predicted molar refractivity (Wildman–Crippen MR) is 181 cm³/mol. The molecule has 0 saturated carbocycles. The first-order valence-electron chi connectivity index (χ1n) is 15.2. The summed E-state index contributed by atoms with van der Waals surface area (Å²) >= 11 is 7.67. The summed E-state index contributed by atoms with van der Waals surface area (Å²) in [4.78, 5) is 37.1. The van der Waals surface area contributed by atoms with Gasteiger partial charge in [0.15, 0.2) is 5.75 Å². The van der Waals surface area contributed by atoms with Gasteiger partial charge >= 0.3 is 0 Å². The number of halogens is 2. The second kappa shape index (κ2) is 17.1. The van der Waals surface area contributed by atoms with Gasteiger partial charge in [-0.05, 0) is 66.0 Å². The minimum Gasteiger partial charge on any atom is -0.502 e. The van der Waals surface area contributed by atoms with E-state index in [2.05, 4.69) is 53.0 Å². The van der Waals surface area contributed by atoms with E-state index in [0.29, 0.717) is 41.9 Å². The van der Waals surface area contributed by atoms with Crippen LogP contribution in [0.3, 0.4) is 0 Å². The van der Waals surface area contributed by atoms with Crippen LogP contribution < -0.4 is 5.56 Å². The number of benzene rings is 3. The average Bonchev–Trinajstić information content (AvgIpc) is 3.05. The lowest BCUT2D eigenvalue weighted by molar-refractivity contribution is -0.132. The van der Waals surface area contributed by atoms with Crippen molar-refractivity contribution in [1.29, 1.82) is 0 Å². The van der Waals surface area contributed by atoms with Crippen molar-refractivity contribution in [2.45, 2.75) is 44.9 Å². The third kappa shape index (κ3) is 10.4. The first-order valence-corrected chi connectivity index (χ1v) is 16.7. The van der Waals surface area contributed by atoms with Gasteiger partial charge in [0.25, 0.3) is 5.56 Å². The van der Waals surface area contributed by atoms with Gasteiger partial charge in [-0.1, -0.05) is 74.0 Å². The second-order valence-corrected chi connectivity index (χ2v) is 12.4. The van der Waals surface area contributed by atoms with E-state index in [9.17, 15) is 19.1 Å². The Bertz CT molecular complexity index is 1560. The summed E-state index contributed by atoms with van der Waals surface area (Å²) in [6, 6.07) is 22.3. The fraction of sp³-hybridized carbons (Fsp3) is 0.343. The van der Waals surface area contributed by atoms with E-state index in [1.54, 1.807) is 23.9 Å². The number of nitrogens with one attached hydrogen (secondary N) is 1. The number of nitrogens with zero attached hydrogens (tertiary/aromatic N) is 3. The molecular formula is C35H40ClFN4O3S. The third-order valence-electron chi connectivity index (χ3n) is 7.83. The molecule has 4 rings (SSSR count). The standard InChI is InChI=1S/C35H40ClFN4O3S/c1-3-40(4-2)19-20-41(22-25-5-9-27(10-6-25)28-11-14-30(36)15-12-28)33(43)18-13-29(34-38-21-32(42)35(44)39-34)24-45-23-26-7-16-31(37)17-8-26/h5-12,14-17,21,29,42H,3-4,13,18-20,22-24H2,1-2H3,(H,38,39,44). The molecule has 45 heavy (non-hydrogen) atoms. The summed E-state index contributed by atoms with van der Waals surface area (Å²) < 4.78 is 13.3. The molecule has 4 aromatic rings. The molecule has 1 heterocycles. The van der Waals surface area contributed by atoms with Crippen LogP contribution in [-0.2, 0) is 17.1 Å². The maximum Gasteiger partial charge on any atom is 0.293 e. The van der Waals surface area contributed by atoms with E-state index in [4.69, 9.17) is 11.6 Å². The number of aromatic nitrogens is 2. The van der Waals surface area contributed by atoms with Crippen LogP contribution in [0.1, 0.15) is 49.6 Å². The summed E-state index contributed by atoms with van der Waals surface area (Å²) in [6.07, 6.45) is 1.89. The lowest BCUT2D eigenvalue weighted by atomic mass is 10.0. The van der Waals surface area contributed by atoms with Gasteiger partial charge in [-0.2, -0.15) is 11.8 Å². The van der Waals surface area contributed by atoms with Gasteiger partial charge in [-0.15, -0.1) is 0 Å². The Kier molecular flexibility index (Phi) is 13.0. The SMILES string of the molecule is CCN(CC)CCN(Cc1ccc(-c2ccc(Cl)cc2)cc1)C(=O)CCC(CSCc1ccc(F)cc1)c1ncc(O)c(=O)[nH]1. The van der Waals surface area contributed by atoms with Crippen LogP contribution in [0.2, 0.25) is 5.02 Å². The molecular weight excluding hydrogens is 611 g/mol. The number of thioether (sulfide) groups is 1. The molecule has 10 heteroatoms. The van der Waals surface area contributed by atoms with Crippen molar-refractivity contribution in [1.82, 2.24) is 19.8 Å². The molecule has 0 spiro atoms. The molecule has 7 nitrogen and oxygen atoms in total. The summed E-state index contributed by atoms with van der Waals surface area (Å²) in [7, 11) is 0. The highest BCUT2D eigenvalue weighted by molar-refractivity contribution is 7.98. The highest BCUT2D eigenvalue weighted by atomic mass is 35.5. The lowest BCUT2D eigenvalue weighted by Gasteiger charge is -2.27. The maximum atomic E-state index is 13.8. The molecule has 1 unspecified atom stereocenters. The Labute approximate surface area is 273 Å². The zero-order valence-corrected chi connectivity index (χ0v) is 27.3. The molecule has 0 aliphatic heterocycles. The topological polar surface area (TPSA) is 89.5 Å². The number of likely N-dealkylation sites (N-methyl/N-ethyl adjacent to an activating group) is 1. The third-order valence-corrected chi connectivity index (χ3v) is 9.26. The zero-order valence-electron chi connectivity index (χ0n) is 25.7. The number of carbonyl (C=O) groups is 1. The van der Waals surface area contributed by atoms with Crippen LogP contribution in [0.15, 0.2) is 83.8 Å². The van der Waals surface area contributed by atoms with E-state index in [-0.39, 0.29) is 24.1 Å². The summed E-state index contributed by atoms with van der Waals surface area (Å²) in [5, 5.41) is 10.4. The minimum absolute atomic E-state index is 0.0265. The lowest BCUT2D eigenvalue weighted by Crippen LogP contribution is -2.38. The van der Waals surface area contributed by atoms with Gasteiger partial charge in [0, 0.05) is 48.5 Å². The number of aromatic hydroxyl groups is 1. The van der Waals surface area contributed by atoms with Gasteiger partial charge in [-0.3, -0.25) is 9.59 Å². The van der Waals surface area contributed by atoms with Crippen LogP contribution in [0, 0.1) is 5.82 Å². The van der Waals surface area contributed by atoms with Gasteiger partial charge in [-0.25, -0.2) is 9.37 Å². The van der Waals surface area contributed by atoms with Crippen molar-refractivity contribution in [3.63, 3.8) is 0 Å². The molecule has 1 aromatic heterocycles. The highest BCUT2D eigenvalue weighted by Gasteiger charge is 2.21. The highest BCUT2D eigenvalue weighted by Crippen LogP contribution is 2.27. The predicted octanol–water partition coefficient (Wildman–Crippen LogP) is 7.10. The summed E-state index contributed by atoms with van der Waals surface area (Å²) in [5.41, 5.74) is 3.56. The van der Waals surface area contributed by atoms with Crippen molar-refractivity contribution in [2.75, 3.05) is 31.9 Å². The molecule has 0 radical (unpaired) electrons. The molecule has 3 aromatic carbocycles. The van der Waals surface area contributed by atoms with E-state index < -0.39 is 11.3 Å². The van der Waals surface area contributed by atoms with Gasteiger partial charge in [0.05, 0.1) is 6.20 Å².